The molecule has 3 heteroatoms. The van der Waals surface area contributed by atoms with Gasteiger partial charge in [-0.1, -0.05) is 0 Å². The smallest absolute Gasteiger partial charge is 0.168 e. The summed E-state index contributed by atoms with van der Waals surface area (Å²) >= 11 is 0. The number of carbonyl (C=O) groups excluding carboxylic acids is 1. The molecule has 1 aromatic rings. The molecule has 5 fully saturated rings. The molecule has 3 nitrogen and oxygen atoms in total. The highest BCUT2D eigenvalue weighted by Gasteiger charge is 2.55. The molecule has 0 unspecified atom stereocenters. The minimum absolute atomic E-state index is 0.0586. The second-order valence-electron chi connectivity index (χ2n) is 9.90. The van der Waals surface area contributed by atoms with E-state index >= 15 is 0 Å². The van der Waals surface area contributed by atoms with Crippen LogP contribution >= 0.6 is 0 Å². The molecule has 0 amide bonds. The van der Waals surface area contributed by atoms with E-state index in [0.29, 0.717) is 12.4 Å². The van der Waals surface area contributed by atoms with Crippen LogP contribution in [0.4, 0.5) is 5.69 Å². The van der Waals surface area contributed by atoms with E-state index in [4.69, 9.17) is 4.74 Å². The van der Waals surface area contributed by atoms with Crippen LogP contribution in [0, 0.1) is 23.2 Å². The Morgan fingerprint density at radius 3 is 2.33 bits per heavy atom. The van der Waals surface area contributed by atoms with Crippen LogP contribution in [0.15, 0.2) is 23.8 Å². The minimum Gasteiger partial charge on any atom is -0.488 e. The lowest BCUT2D eigenvalue weighted by Gasteiger charge is -2.56. The molecule has 4 saturated carbocycles. The molecule has 142 valence electrons. The van der Waals surface area contributed by atoms with Gasteiger partial charge >= 0.3 is 0 Å². The SMILES string of the molecule is O=C(C1=Cc2ccc(N3CCCC3)cc2OC1)C12CC3CC(CC(C3)C1)C2. The summed E-state index contributed by atoms with van der Waals surface area (Å²) in [5.41, 5.74) is 3.20. The summed E-state index contributed by atoms with van der Waals surface area (Å²) in [6.45, 7) is 2.74. The summed E-state index contributed by atoms with van der Waals surface area (Å²) in [6, 6.07) is 6.51. The van der Waals surface area contributed by atoms with Crippen LogP contribution in [0.1, 0.15) is 56.9 Å². The van der Waals surface area contributed by atoms with Crippen LogP contribution in [0.5, 0.6) is 5.75 Å². The van der Waals surface area contributed by atoms with Crippen LogP contribution in [0.3, 0.4) is 0 Å². The van der Waals surface area contributed by atoms with E-state index < -0.39 is 0 Å². The Morgan fingerprint density at radius 1 is 1.00 bits per heavy atom. The molecule has 4 bridgehead atoms. The highest BCUT2D eigenvalue weighted by molar-refractivity contribution is 6.04. The average molecular weight is 364 g/mol. The first-order chi connectivity index (χ1) is 13.2. The van der Waals surface area contributed by atoms with Crippen molar-refractivity contribution < 1.29 is 9.53 Å². The lowest BCUT2D eigenvalue weighted by molar-refractivity contribution is -0.140. The molecule has 2 aliphatic heterocycles. The largest absolute Gasteiger partial charge is 0.488 e. The van der Waals surface area contributed by atoms with Gasteiger partial charge in [-0.25, -0.2) is 0 Å². The van der Waals surface area contributed by atoms with Gasteiger partial charge in [0.1, 0.15) is 12.4 Å². The van der Waals surface area contributed by atoms with Crippen molar-refractivity contribution in [2.24, 2.45) is 23.2 Å². The summed E-state index contributed by atoms with van der Waals surface area (Å²) in [4.78, 5) is 16.0. The number of carbonyl (C=O) groups is 1. The molecule has 0 aromatic heterocycles. The maximum atomic E-state index is 13.6. The number of hydrogen-bond donors (Lipinski definition) is 0. The Kier molecular flexibility index (Phi) is 3.52. The summed E-state index contributed by atoms with van der Waals surface area (Å²) in [5.74, 6) is 3.78. The fourth-order valence-corrected chi connectivity index (χ4v) is 7.18. The van der Waals surface area contributed by atoms with E-state index in [-0.39, 0.29) is 5.41 Å². The Labute approximate surface area is 161 Å². The van der Waals surface area contributed by atoms with Crippen LogP contribution in [0.25, 0.3) is 6.08 Å². The summed E-state index contributed by atoms with van der Waals surface area (Å²) in [5, 5.41) is 0. The predicted octanol–water partition coefficient (Wildman–Crippen LogP) is 4.85. The number of nitrogens with zero attached hydrogens (tertiary/aromatic N) is 1. The predicted molar refractivity (Wildman–Crippen MR) is 107 cm³/mol. The topological polar surface area (TPSA) is 29.5 Å². The Bertz CT molecular complexity index is 782. The van der Waals surface area contributed by atoms with E-state index in [9.17, 15) is 4.79 Å². The highest BCUT2D eigenvalue weighted by atomic mass is 16.5. The highest BCUT2D eigenvalue weighted by Crippen LogP contribution is 2.61. The number of Topliss-reactive ketones (excluding diaryl/α,β-unsaturated/α-hetero) is 1. The molecular formula is C24H29NO2. The third kappa shape index (κ3) is 2.57. The zero-order valence-electron chi connectivity index (χ0n) is 16.1. The molecule has 27 heavy (non-hydrogen) atoms. The number of hydrogen-bond acceptors (Lipinski definition) is 3. The first-order valence-electron chi connectivity index (χ1n) is 11.0. The Morgan fingerprint density at radius 2 is 1.67 bits per heavy atom. The van der Waals surface area contributed by atoms with Crippen LogP contribution < -0.4 is 9.64 Å². The van der Waals surface area contributed by atoms with Crippen molar-refractivity contribution in [3.05, 3.63) is 29.3 Å². The van der Waals surface area contributed by atoms with Crippen molar-refractivity contribution in [2.75, 3.05) is 24.6 Å². The van der Waals surface area contributed by atoms with Gasteiger partial charge in [-0.2, -0.15) is 0 Å². The van der Waals surface area contributed by atoms with Crippen LogP contribution in [-0.2, 0) is 4.79 Å². The molecule has 6 aliphatic rings. The molecule has 0 radical (unpaired) electrons. The molecule has 2 heterocycles. The van der Waals surface area contributed by atoms with Crippen molar-refractivity contribution >= 4 is 17.5 Å². The second-order valence-corrected chi connectivity index (χ2v) is 9.90. The number of benzene rings is 1. The van der Waals surface area contributed by atoms with Crippen molar-refractivity contribution in [3.63, 3.8) is 0 Å². The number of rotatable bonds is 3. The maximum absolute atomic E-state index is 13.6. The van der Waals surface area contributed by atoms with E-state index in [1.807, 2.05) is 0 Å². The minimum atomic E-state index is -0.0586. The van der Waals surface area contributed by atoms with Gasteiger partial charge < -0.3 is 9.64 Å². The van der Waals surface area contributed by atoms with Gasteiger partial charge in [0.05, 0.1) is 0 Å². The van der Waals surface area contributed by atoms with Crippen molar-refractivity contribution in [1.29, 1.82) is 0 Å². The van der Waals surface area contributed by atoms with E-state index in [1.165, 1.54) is 37.8 Å². The normalized spacial score (nSPS) is 36.4. The summed E-state index contributed by atoms with van der Waals surface area (Å²) in [6.07, 6.45) is 12.2. The van der Waals surface area contributed by atoms with Crippen molar-refractivity contribution in [2.45, 2.75) is 51.4 Å². The number of fused-ring (bicyclic) bond motifs is 1. The average Bonchev–Trinajstić information content (AvgIpc) is 3.20. The molecular weight excluding hydrogens is 334 g/mol. The van der Waals surface area contributed by atoms with E-state index in [1.54, 1.807) is 0 Å². The standard InChI is InChI=1S/C24H29NO2/c26-23(24-12-16-7-17(13-24)9-18(8-16)14-24)20-10-19-3-4-21(11-22(19)27-15-20)25-5-1-2-6-25/h3-4,10-11,16-18H,1-2,5-9,12-15H2. The maximum Gasteiger partial charge on any atom is 0.168 e. The van der Waals surface area contributed by atoms with Gasteiger partial charge in [-0.3, -0.25) is 4.79 Å². The fourth-order valence-electron chi connectivity index (χ4n) is 7.18. The monoisotopic (exact) mass is 363 g/mol. The first kappa shape index (κ1) is 16.2. The molecule has 4 aliphatic carbocycles. The molecule has 0 N–H and O–H groups in total. The van der Waals surface area contributed by atoms with Gasteiger partial charge in [-0.15, -0.1) is 0 Å². The molecule has 1 saturated heterocycles. The van der Waals surface area contributed by atoms with E-state index in [0.717, 1.165) is 67.0 Å². The van der Waals surface area contributed by atoms with Gasteiger partial charge in [0, 0.05) is 41.4 Å². The molecule has 0 atom stereocenters. The second kappa shape index (κ2) is 5.86. The van der Waals surface area contributed by atoms with Gasteiger partial charge in [0.25, 0.3) is 0 Å². The molecule has 0 spiro atoms. The number of anilines is 1. The van der Waals surface area contributed by atoms with E-state index in [2.05, 4.69) is 29.2 Å². The van der Waals surface area contributed by atoms with Crippen molar-refractivity contribution in [1.82, 2.24) is 0 Å². The van der Waals surface area contributed by atoms with Crippen molar-refractivity contribution in [3.8, 4) is 5.75 Å². The third-order valence-electron chi connectivity index (χ3n) is 7.99. The van der Waals surface area contributed by atoms with Gasteiger partial charge in [0.2, 0.25) is 0 Å². The summed E-state index contributed by atoms with van der Waals surface area (Å²) < 4.78 is 6.10. The van der Waals surface area contributed by atoms with Crippen LogP contribution in [0.2, 0.25) is 0 Å². The molecule has 1 aromatic carbocycles. The molecule has 7 rings (SSSR count). The zero-order chi connectivity index (χ0) is 18.0. The summed E-state index contributed by atoms with van der Waals surface area (Å²) in [7, 11) is 0. The number of ketones is 1. The lowest BCUT2D eigenvalue weighted by Crippen LogP contribution is -2.50. The third-order valence-corrected chi connectivity index (χ3v) is 7.99. The Balaban J connectivity index is 1.28. The quantitative estimate of drug-likeness (QED) is 0.769. The van der Waals surface area contributed by atoms with Gasteiger partial charge in [-0.05, 0) is 87.3 Å². The lowest BCUT2D eigenvalue weighted by atomic mass is 9.48. The Hall–Kier alpha value is -1.77. The fraction of sp³-hybridized carbons (Fsp3) is 0.625. The van der Waals surface area contributed by atoms with Gasteiger partial charge in [0.15, 0.2) is 5.78 Å². The van der Waals surface area contributed by atoms with Crippen LogP contribution in [-0.4, -0.2) is 25.5 Å². The zero-order valence-corrected chi connectivity index (χ0v) is 16.1. The number of ether oxygens (including phenoxy) is 1. The first-order valence-corrected chi connectivity index (χ1v) is 11.0.